The Kier molecular flexibility index (Phi) is 0.759. The Hall–Kier alpha value is -0.570. The SMILES string of the molecule is O=C1CN[CH]N1. The highest BCUT2D eigenvalue weighted by Crippen LogP contribution is 1.72. The van der Waals surface area contributed by atoms with Gasteiger partial charge in [0.25, 0.3) is 0 Å². The van der Waals surface area contributed by atoms with Crippen molar-refractivity contribution in [2.24, 2.45) is 0 Å². The largest absolute Gasteiger partial charge is 0.336 e. The molecule has 1 heterocycles. The summed E-state index contributed by atoms with van der Waals surface area (Å²) in [6.45, 7) is 1.96. The van der Waals surface area contributed by atoms with Crippen LogP contribution in [0.4, 0.5) is 0 Å². The summed E-state index contributed by atoms with van der Waals surface area (Å²) in [6, 6.07) is 0. The number of rotatable bonds is 0. The Morgan fingerprint density at radius 3 is 2.83 bits per heavy atom. The quantitative estimate of drug-likeness (QED) is 0.389. The molecule has 0 atom stereocenters. The molecule has 1 saturated heterocycles. The molecule has 2 N–H and O–H groups in total. The fourth-order valence-corrected chi connectivity index (χ4v) is 0.326. The van der Waals surface area contributed by atoms with Crippen LogP contribution in [0.15, 0.2) is 0 Å². The van der Waals surface area contributed by atoms with E-state index in [9.17, 15) is 4.79 Å². The Morgan fingerprint density at radius 1 is 1.83 bits per heavy atom. The van der Waals surface area contributed by atoms with Gasteiger partial charge in [0.15, 0.2) is 0 Å². The molecule has 1 aliphatic heterocycles. The van der Waals surface area contributed by atoms with E-state index in [0.717, 1.165) is 0 Å². The molecule has 0 aliphatic carbocycles. The summed E-state index contributed by atoms with van der Waals surface area (Å²) >= 11 is 0. The topological polar surface area (TPSA) is 41.1 Å². The molecule has 0 aromatic rings. The summed E-state index contributed by atoms with van der Waals surface area (Å²) in [6.07, 6.45) is 0. The van der Waals surface area contributed by atoms with Crippen LogP contribution in [0.2, 0.25) is 0 Å². The lowest BCUT2D eigenvalue weighted by Gasteiger charge is -1.77. The summed E-state index contributed by atoms with van der Waals surface area (Å²) < 4.78 is 0. The predicted octanol–water partition coefficient (Wildman–Crippen LogP) is -1.17. The predicted molar refractivity (Wildman–Crippen MR) is 20.4 cm³/mol. The van der Waals surface area contributed by atoms with Gasteiger partial charge in [-0.15, -0.1) is 0 Å². The molecule has 3 heteroatoms. The third-order valence-electron chi connectivity index (χ3n) is 0.598. The van der Waals surface area contributed by atoms with Crippen molar-refractivity contribution in [1.29, 1.82) is 0 Å². The van der Waals surface area contributed by atoms with Crippen LogP contribution in [0.5, 0.6) is 0 Å². The third kappa shape index (κ3) is 0.490. The van der Waals surface area contributed by atoms with Gasteiger partial charge in [-0.1, -0.05) is 0 Å². The molecule has 0 bridgehead atoms. The van der Waals surface area contributed by atoms with E-state index in [1.807, 2.05) is 0 Å². The van der Waals surface area contributed by atoms with Crippen LogP contribution in [0.3, 0.4) is 0 Å². The Balaban J connectivity index is 2.37. The first kappa shape index (κ1) is 3.61. The maximum atomic E-state index is 10.0. The van der Waals surface area contributed by atoms with E-state index in [4.69, 9.17) is 0 Å². The van der Waals surface area contributed by atoms with Crippen LogP contribution in [-0.2, 0) is 4.79 Å². The maximum Gasteiger partial charge on any atom is 0.235 e. The first-order valence-corrected chi connectivity index (χ1v) is 1.74. The van der Waals surface area contributed by atoms with Crippen molar-refractivity contribution in [2.75, 3.05) is 6.54 Å². The number of carbonyl (C=O) groups excluding carboxylic acids is 1. The molecule has 6 heavy (non-hydrogen) atoms. The number of carbonyl (C=O) groups is 1. The van der Waals surface area contributed by atoms with Gasteiger partial charge in [-0.2, -0.15) is 0 Å². The molecule has 0 unspecified atom stereocenters. The van der Waals surface area contributed by atoms with Crippen LogP contribution in [0.25, 0.3) is 0 Å². The van der Waals surface area contributed by atoms with E-state index < -0.39 is 0 Å². The highest BCUT2D eigenvalue weighted by Gasteiger charge is 2.04. The maximum absolute atomic E-state index is 10.0. The molecule has 0 aromatic carbocycles. The number of hydrogen-bond acceptors (Lipinski definition) is 2. The van der Waals surface area contributed by atoms with E-state index in [-0.39, 0.29) is 5.91 Å². The first-order valence-electron chi connectivity index (χ1n) is 1.74. The Morgan fingerprint density at radius 2 is 2.67 bits per heavy atom. The summed E-state index contributed by atoms with van der Waals surface area (Å²) in [7, 11) is 0. The summed E-state index contributed by atoms with van der Waals surface area (Å²) in [5.41, 5.74) is 0. The number of nitrogens with one attached hydrogen (secondary N) is 2. The van der Waals surface area contributed by atoms with Crippen LogP contribution in [0.1, 0.15) is 0 Å². The molecule has 0 aromatic heterocycles. The van der Waals surface area contributed by atoms with Crippen molar-refractivity contribution in [1.82, 2.24) is 10.6 Å². The molecule has 3 nitrogen and oxygen atoms in total. The molecule has 1 radical (unpaired) electrons. The van der Waals surface area contributed by atoms with Gasteiger partial charge in [0, 0.05) is 0 Å². The molecule has 1 rings (SSSR count). The lowest BCUT2D eigenvalue weighted by Crippen LogP contribution is -2.12. The van der Waals surface area contributed by atoms with E-state index in [1.54, 1.807) is 0 Å². The Bertz CT molecular complexity index is 63.2. The highest BCUT2D eigenvalue weighted by atomic mass is 16.2. The zero-order valence-electron chi connectivity index (χ0n) is 3.19. The second-order valence-corrected chi connectivity index (χ2v) is 1.09. The fourth-order valence-electron chi connectivity index (χ4n) is 0.326. The van der Waals surface area contributed by atoms with E-state index >= 15 is 0 Å². The first-order chi connectivity index (χ1) is 2.89. The van der Waals surface area contributed by atoms with E-state index in [1.165, 1.54) is 6.67 Å². The second kappa shape index (κ2) is 1.26. The van der Waals surface area contributed by atoms with Crippen molar-refractivity contribution in [3.63, 3.8) is 0 Å². The van der Waals surface area contributed by atoms with Gasteiger partial charge in [-0.05, 0) is 0 Å². The smallest absolute Gasteiger partial charge is 0.235 e. The lowest BCUT2D eigenvalue weighted by molar-refractivity contribution is -0.117. The average Bonchev–Trinajstić information content (AvgIpc) is 1.86. The van der Waals surface area contributed by atoms with Crippen LogP contribution in [-0.4, -0.2) is 12.5 Å². The zero-order valence-corrected chi connectivity index (χ0v) is 3.19. The fraction of sp³-hybridized carbons (Fsp3) is 0.333. The average molecular weight is 85.1 g/mol. The second-order valence-electron chi connectivity index (χ2n) is 1.09. The van der Waals surface area contributed by atoms with Crippen molar-refractivity contribution >= 4 is 5.91 Å². The standard InChI is InChI=1S/C3H5N2O/c6-3-1-4-2-5-3/h2,4H,1H2,(H,5,6). The van der Waals surface area contributed by atoms with Crippen LogP contribution >= 0.6 is 0 Å². The van der Waals surface area contributed by atoms with Gasteiger partial charge in [0.1, 0.15) is 6.67 Å². The minimum atomic E-state index is 0.0370. The molecule has 1 aliphatic rings. The van der Waals surface area contributed by atoms with Gasteiger partial charge in [0.05, 0.1) is 6.54 Å². The lowest BCUT2D eigenvalue weighted by atomic mass is 10.7. The van der Waals surface area contributed by atoms with Gasteiger partial charge >= 0.3 is 0 Å². The van der Waals surface area contributed by atoms with Gasteiger partial charge in [-0.25, -0.2) is 0 Å². The molecule has 1 amide bonds. The van der Waals surface area contributed by atoms with Crippen LogP contribution < -0.4 is 10.6 Å². The molecule has 0 saturated carbocycles. The third-order valence-corrected chi connectivity index (χ3v) is 0.598. The molecular formula is C3H5N2O. The van der Waals surface area contributed by atoms with Crippen molar-refractivity contribution in [3.05, 3.63) is 6.67 Å². The summed E-state index contributed by atoms with van der Waals surface area (Å²) in [5.74, 6) is 0.0370. The monoisotopic (exact) mass is 85.0 g/mol. The van der Waals surface area contributed by atoms with Gasteiger partial charge < -0.3 is 5.32 Å². The van der Waals surface area contributed by atoms with Crippen molar-refractivity contribution < 1.29 is 4.79 Å². The van der Waals surface area contributed by atoms with Crippen LogP contribution in [0, 0.1) is 6.67 Å². The summed E-state index contributed by atoms with van der Waals surface area (Å²) in [5, 5.41) is 5.13. The minimum absolute atomic E-state index is 0.0370. The van der Waals surface area contributed by atoms with E-state index in [2.05, 4.69) is 10.6 Å². The minimum Gasteiger partial charge on any atom is -0.336 e. The molecule has 33 valence electrons. The summed E-state index contributed by atoms with van der Waals surface area (Å²) in [4.78, 5) is 10.0. The normalized spacial score (nSPS) is 21.0. The van der Waals surface area contributed by atoms with Crippen molar-refractivity contribution in [3.8, 4) is 0 Å². The van der Waals surface area contributed by atoms with Gasteiger partial charge in [-0.3, -0.25) is 10.1 Å². The molecule has 0 spiro atoms. The molecule has 1 fully saturated rings. The Labute approximate surface area is 35.7 Å². The number of hydrogen-bond donors (Lipinski definition) is 2. The van der Waals surface area contributed by atoms with Gasteiger partial charge in [0.2, 0.25) is 5.91 Å². The van der Waals surface area contributed by atoms with Crippen molar-refractivity contribution in [2.45, 2.75) is 0 Å². The van der Waals surface area contributed by atoms with E-state index in [0.29, 0.717) is 6.54 Å². The zero-order chi connectivity index (χ0) is 4.41. The number of amides is 1. The molecular weight excluding hydrogens is 80.0 g/mol. The highest BCUT2D eigenvalue weighted by molar-refractivity contribution is 5.80.